The Kier molecular flexibility index (Phi) is 4.53. The van der Waals surface area contributed by atoms with Crippen LogP contribution in [0.15, 0.2) is 0 Å². The highest BCUT2D eigenvalue weighted by Crippen LogP contribution is 2.40. The van der Waals surface area contributed by atoms with E-state index in [4.69, 9.17) is 4.74 Å². The molecule has 1 heterocycles. The average Bonchev–Trinajstić information content (AvgIpc) is 2.33. The molecule has 1 aliphatic heterocycles. The van der Waals surface area contributed by atoms with Gasteiger partial charge in [-0.05, 0) is 31.4 Å². The third kappa shape index (κ3) is 2.92. The molecule has 2 fully saturated rings. The van der Waals surface area contributed by atoms with E-state index in [0.29, 0.717) is 11.3 Å². The number of hydrogen-bond donors (Lipinski definition) is 2. The van der Waals surface area contributed by atoms with Crippen LogP contribution in [0.2, 0.25) is 0 Å². The van der Waals surface area contributed by atoms with E-state index in [1.54, 1.807) is 0 Å². The zero-order valence-corrected chi connectivity index (χ0v) is 10.9. The molecule has 4 heteroatoms. The molecule has 0 amide bonds. The summed E-state index contributed by atoms with van der Waals surface area (Å²) in [6.45, 7) is 4.65. The van der Waals surface area contributed by atoms with Gasteiger partial charge in [0.05, 0.1) is 5.60 Å². The summed E-state index contributed by atoms with van der Waals surface area (Å²) in [7, 11) is 0. The second-order valence-corrected chi connectivity index (χ2v) is 6.33. The average molecular weight is 245 g/mol. The lowest BCUT2D eigenvalue weighted by Crippen LogP contribution is -2.57. The van der Waals surface area contributed by atoms with Gasteiger partial charge in [-0.3, -0.25) is 0 Å². The monoisotopic (exact) mass is 245 g/mol. The van der Waals surface area contributed by atoms with Crippen LogP contribution in [-0.4, -0.2) is 47.5 Å². The van der Waals surface area contributed by atoms with Crippen LogP contribution < -0.4 is 5.32 Å². The summed E-state index contributed by atoms with van der Waals surface area (Å²) in [6, 6.07) is 0.547. The van der Waals surface area contributed by atoms with E-state index in [-0.39, 0.29) is 0 Å². The minimum atomic E-state index is -0.445. The largest absolute Gasteiger partial charge is 0.387 e. The summed E-state index contributed by atoms with van der Waals surface area (Å²) in [5.41, 5.74) is -0.445. The van der Waals surface area contributed by atoms with Crippen molar-refractivity contribution < 1.29 is 9.84 Å². The predicted octanol–water partition coefficient (Wildman–Crippen LogP) is 1.40. The molecule has 2 unspecified atom stereocenters. The zero-order chi connectivity index (χ0) is 11.4. The number of nitrogens with one attached hydrogen (secondary N) is 1. The van der Waals surface area contributed by atoms with Gasteiger partial charge in [0.1, 0.15) is 0 Å². The maximum absolute atomic E-state index is 10.4. The van der Waals surface area contributed by atoms with Crippen LogP contribution in [0.4, 0.5) is 0 Å². The summed E-state index contributed by atoms with van der Waals surface area (Å²) in [5, 5.41) is 14.4. The molecule has 2 atom stereocenters. The first-order valence-electron chi connectivity index (χ1n) is 6.40. The summed E-state index contributed by atoms with van der Waals surface area (Å²) in [4.78, 5) is 0. The maximum Gasteiger partial charge on any atom is 0.0889 e. The molecular formula is C12H23NO2S. The van der Waals surface area contributed by atoms with Crippen molar-refractivity contribution in [1.29, 1.82) is 0 Å². The first-order valence-corrected chi connectivity index (χ1v) is 7.44. The smallest absolute Gasteiger partial charge is 0.0889 e. The fourth-order valence-corrected chi connectivity index (χ4v) is 3.66. The second kappa shape index (κ2) is 5.71. The molecule has 2 N–H and O–H groups in total. The lowest BCUT2D eigenvalue weighted by Gasteiger charge is -2.46. The highest BCUT2D eigenvalue weighted by atomic mass is 32.2. The fraction of sp³-hybridized carbons (Fsp3) is 1.00. The summed E-state index contributed by atoms with van der Waals surface area (Å²) in [6.07, 6.45) is 4.30. The Morgan fingerprint density at radius 3 is 2.69 bits per heavy atom. The Balaban J connectivity index is 1.71. The van der Waals surface area contributed by atoms with E-state index in [9.17, 15) is 5.11 Å². The van der Waals surface area contributed by atoms with E-state index >= 15 is 0 Å². The standard InChI is InChI=1S/C12H23NO2S/c1-2-16-11-3-6-12(11,14)9-13-10-4-7-15-8-5-10/h10-11,13-14H,2-9H2,1H3. The molecule has 2 aliphatic rings. The van der Waals surface area contributed by atoms with Gasteiger partial charge < -0.3 is 15.2 Å². The van der Waals surface area contributed by atoms with E-state index in [1.807, 2.05) is 11.8 Å². The first kappa shape index (κ1) is 12.7. The Morgan fingerprint density at radius 1 is 1.38 bits per heavy atom. The van der Waals surface area contributed by atoms with Crippen LogP contribution in [0, 0.1) is 0 Å². The maximum atomic E-state index is 10.4. The molecule has 0 bridgehead atoms. The highest BCUT2D eigenvalue weighted by Gasteiger charge is 2.45. The molecule has 0 radical (unpaired) electrons. The Morgan fingerprint density at radius 2 is 2.12 bits per heavy atom. The van der Waals surface area contributed by atoms with Gasteiger partial charge in [-0.15, -0.1) is 0 Å². The van der Waals surface area contributed by atoms with Crippen molar-refractivity contribution in [3.8, 4) is 0 Å². The topological polar surface area (TPSA) is 41.5 Å². The number of rotatable bonds is 5. The minimum Gasteiger partial charge on any atom is -0.387 e. The van der Waals surface area contributed by atoms with Crippen molar-refractivity contribution in [2.24, 2.45) is 0 Å². The summed E-state index contributed by atoms with van der Waals surface area (Å²) >= 11 is 1.90. The van der Waals surface area contributed by atoms with Crippen molar-refractivity contribution in [1.82, 2.24) is 5.32 Å². The van der Waals surface area contributed by atoms with E-state index < -0.39 is 5.60 Å². The Hall–Kier alpha value is 0.230. The number of hydrogen-bond acceptors (Lipinski definition) is 4. The predicted molar refractivity (Wildman–Crippen MR) is 67.9 cm³/mol. The molecule has 1 aliphatic carbocycles. The number of ether oxygens (including phenoxy) is 1. The van der Waals surface area contributed by atoms with Crippen molar-refractivity contribution in [2.75, 3.05) is 25.5 Å². The normalized spacial score (nSPS) is 36.0. The third-order valence-electron chi connectivity index (χ3n) is 3.72. The molecule has 1 saturated carbocycles. The molecule has 0 aromatic heterocycles. The first-order chi connectivity index (χ1) is 7.74. The van der Waals surface area contributed by atoms with Crippen molar-refractivity contribution in [3.05, 3.63) is 0 Å². The van der Waals surface area contributed by atoms with E-state index in [1.165, 1.54) is 6.42 Å². The van der Waals surface area contributed by atoms with Gasteiger partial charge in [0.15, 0.2) is 0 Å². The molecule has 0 aromatic rings. The quantitative estimate of drug-likeness (QED) is 0.768. The zero-order valence-electron chi connectivity index (χ0n) is 10.1. The van der Waals surface area contributed by atoms with Gasteiger partial charge in [-0.25, -0.2) is 0 Å². The minimum absolute atomic E-state index is 0.445. The molecule has 16 heavy (non-hydrogen) atoms. The third-order valence-corrected chi connectivity index (χ3v) is 5.13. The van der Waals surface area contributed by atoms with Gasteiger partial charge in [-0.1, -0.05) is 6.92 Å². The fourth-order valence-electron chi connectivity index (χ4n) is 2.46. The number of aliphatic hydroxyl groups is 1. The van der Waals surface area contributed by atoms with Crippen molar-refractivity contribution in [2.45, 2.75) is 49.5 Å². The van der Waals surface area contributed by atoms with Gasteiger partial charge in [-0.2, -0.15) is 11.8 Å². The lowest BCUT2D eigenvalue weighted by atomic mass is 9.79. The lowest BCUT2D eigenvalue weighted by molar-refractivity contribution is -0.0290. The van der Waals surface area contributed by atoms with E-state index in [2.05, 4.69) is 12.2 Å². The van der Waals surface area contributed by atoms with E-state index in [0.717, 1.165) is 44.8 Å². The summed E-state index contributed by atoms with van der Waals surface area (Å²) < 4.78 is 5.33. The highest BCUT2D eigenvalue weighted by molar-refractivity contribution is 8.00. The van der Waals surface area contributed by atoms with Crippen LogP contribution in [0.1, 0.15) is 32.6 Å². The molecule has 2 rings (SSSR count). The van der Waals surface area contributed by atoms with Crippen LogP contribution in [0.5, 0.6) is 0 Å². The van der Waals surface area contributed by atoms with Crippen LogP contribution in [0.3, 0.4) is 0 Å². The van der Waals surface area contributed by atoms with Gasteiger partial charge >= 0.3 is 0 Å². The molecule has 3 nitrogen and oxygen atoms in total. The molecule has 0 aromatic carbocycles. The van der Waals surface area contributed by atoms with Crippen LogP contribution in [0.25, 0.3) is 0 Å². The SMILES string of the molecule is CCSC1CCC1(O)CNC1CCOCC1. The Bertz CT molecular complexity index is 221. The second-order valence-electron chi connectivity index (χ2n) is 4.85. The van der Waals surface area contributed by atoms with Gasteiger partial charge in [0, 0.05) is 31.1 Å². The number of thioether (sulfide) groups is 1. The summed E-state index contributed by atoms with van der Waals surface area (Å²) in [5.74, 6) is 1.10. The Labute approximate surface area is 102 Å². The molecule has 1 saturated heterocycles. The van der Waals surface area contributed by atoms with Crippen molar-refractivity contribution in [3.63, 3.8) is 0 Å². The molecule has 0 spiro atoms. The molecular weight excluding hydrogens is 222 g/mol. The van der Waals surface area contributed by atoms with Crippen LogP contribution in [-0.2, 0) is 4.74 Å². The van der Waals surface area contributed by atoms with Gasteiger partial charge in [0.25, 0.3) is 0 Å². The molecule has 94 valence electrons. The van der Waals surface area contributed by atoms with Crippen LogP contribution >= 0.6 is 11.8 Å². The van der Waals surface area contributed by atoms with Crippen molar-refractivity contribution >= 4 is 11.8 Å². The van der Waals surface area contributed by atoms with Gasteiger partial charge in [0.2, 0.25) is 0 Å².